The molecule has 1 aliphatic carbocycles. The van der Waals surface area contributed by atoms with Crippen LogP contribution in [-0.2, 0) is 14.3 Å². The van der Waals surface area contributed by atoms with Crippen molar-refractivity contribution < 1.29 is 23.9 Å². The number of hydrazine groups is 1. The predicted molar refractivity (Wildman–Crippen MR) is 101 cm³/mol. The van der Waals surface area contributed by atoms with Crippen molar-refractivity contribution in [2.75, 3.05) is 6.61 Å². The number of amides is 4. The van der Waals surface area contributed by atoms with Crippen LogP contribution in [-0.4, -0.2) is 46.0 Å². The van der Waals surface area contributed by atoms with Crippen molar-refractivity contribution in [2.45, 2.75) is 37.6 Å². The van der Waals surface area contributed by atoms with E-state index in [1.54, 1.807) is 18.2 Å². The van der Waals surface area contributed by atoms with Crippen LogP contribution in [0.15, 0.2) is 36.4 Å². The molecule has 1 saturated carbocycles. The number of carbonyl (C=O) groups is 4. The summed E-state index contributed by atoms with van der Waals surface area (Å²) in [4.78, 5) is 53.3. The molecule has 1 aromatic carbocycles. The molecule has 29 heavy (non-hydrogen) atoms. The van der Waals surface area contributed by atoms with Crippen LogP contribution in [0.25, 0.3) is 10.9 Å². The minimum atomic E-state index is -0.936. The molecule has 9 nitrogen and oxygen atoms in total. The Kier molecular flexibility index (Phi) is 4.87. The Morgan fingerprint density at radius 2 is 1.86 bits per heavy atom. The highest BCUT2D eigenvalue weighted by molar-refractivity contribution is 6.08. The fraction of sp³-hybridized carbons (Fsp3) is 0.350. The molecule has 2 aliphatic rings. The number of urea groups is 1. The van der Waals surface area contributed by atoms with Gasteiger partial charge in [-0.3, -0.25) is 15.0 Å². The van der Waals surface area contributed by atoms with Gasteiger partial charge in [-0.25, -0.2) is 14.6 Å². The molecule has 2 fully saturated rings. The second kappa shape index (κ2) is 7.50. The zero-order valence-corrected chi connectivity index (χ0v) is 15.6. The summed E-state index contributed by atoms with van der Waals surface area (Å²) in [5, 5.41) is 4.24. The Hall–Kier alpha value is -3.49. The van der Waals surface area contributed by atoms with Gasteiger partial charge < -0.3 is 10.1 Å². The van der Waals surface area contributed by atoms with E-state index < -0.39 is 36.0 Å². The van der Waals surface area contributed by atoms with E-state index in [2.05, 4.69) is 15.7 Å². The summed E-state index contributed by atoms with van der Waals surface area (Å²) >= 11 is 0. The van der Waals surface area contributed by atoms with Crippen LogP contribution in [0.3, 0.4) is 0 Å². The van der Waals surface area contributed by atoms with Crippen LogP contribution in [0.2, 0.25) is 0 Å². The Bertz CT molecular complexity index is 999. The molecule has 0 bridgehead atoms. The molecule has 0 radical (unpaired) electrons. The third-order valence-electron chi connectivity index (χ3n) is 5.25. The Balaban J connectivity index is 1.35. The molecule has 2 heterocycles. The molecule has 1 aromatic heterocycles. The monoisotopic (exact) mass is 396 g/mol. The maximum absolute atomic E-state index is 12.6. The van der Waals surface area contributed by atoms with Gasteiger partial charge in [-0.2, -0.15) is 5.01 Å². The molecule has 1 aliphatic heterocycles. The van der Waals surface area contributed by atoms with Crippen molar-refractivity contribution in [3.05, 3.63) is 42.1 Å². The summed E-state index contributed by atoms with van der Waals surface area (Å²) < 4.78 is 4.97. The lowest BCUT2D eigenvalue weighted by Gasteiger charge is -2.30. The highest BCUT2D eigenvalue weighted by Crippen LogP contribution is 2.32. The van der Waals surface area contributed by atoms with Crippen molar-refractivity contribution in [1.82, 2.24) is 20.7 Å². The number of hydrogen-bond donors (Lipinski definition) is 2. The highest BCUT2D eigenvalue weighted by Gasteiger charge is 2.52. The van der Waals surface area contributed by atoms with Crippen molar-refractivity contribution in [2.24, 2.45) is 0 Å². The lowest BCUT2D eigenvalue weighted by atomic mass is 9.82. The van der Waals surface area contributed by atoms with Crippen LogP contribution in [0.5, 0.6) is 0 Å². The number of nitrogens with zero attached hydrogens (tertiary/aromatic N) is 2. The summed E-state index contributed by atoms with van der Waals surface area (Å²) in [6.45, 7) is -0.641. The van der Waals surface area contributed by atoms with Crippen molar-refractivity contribution in [3.63, 3.8) is 0 Å². The molecule has 9 heteroatoms. The number of fused-ring (bicyclic) bond motifs is 1. The maximum Gasteiger partial charge on any atom is 0.357 e. The van der Waals surface area contributed by atoms with Gasteiger partial charge in [0.2, 0.25) is 0 Å². The zero-order valence-electron chi connectivity index (χ0n) is 15.6. The minimum Gasteiger partial charge on any atom is -0.451 e. The van der Waals surface area contributed by atoms with Gasteiger partial charge >= 0.3 is 12.0 Å². The van der Waals surface area contributed by atoms with E-state index in [0.29, 0.717) is 23.4 Å². The van der Waals surface area contributed by atoms with Gasteiger partial charge in [0.15, 0.2) is 6.61 Å². The van der Waals surface area contributed by atoms with Gasteiger partial charge in [-0.05, 0) is 25.0 Å². The van der Waals surface area contributed by atoms with Crippen LogP contribution in [0, 0.1) is 0 Å². The van der Waals surface area contributed by atoms with Crippen molar-refractivity contribution in [3.8, 4) is 0 Å². The summed E-state index contributed by atoms with van der Waals surface area (Å²) in [5.41, 5.74) is 1.98. The van der Waals surface area contributed by atoms with Crippen molar-refractivity contribution in [1.29, 1.82) is 0 Å². The second-order valence-electron chi connectivity index (χ2n) is 7.21. The second-order valence-corrected chi connectivity index (χ2v) is 7.21. The molecule has 1 saturated heterocycles. The van der Waals surface area contributed by atoms with Crippen molar-refractivity contribution >= 4 is 34.7 Å². The zero-order chi connectivity index (χ0) is 20.4. The standard InChI is InChI=1S/C20H20N4O5/c25-16(23-24-18(27)20(22-19(24)28)10-4-1-5-11-20)12-29-17(26)15-9-8-13-6-2-3-7-14(13)21-15/h2-3,6-9H,1,4-5,10-12H2,(H,22,28)(H,23,25). The lowest BCUT2D eigenvalue weighted by Crippen LogP contribution is -2.51. The molecule has 4 rings (SSSR count). The SMILES string of the molecule is O=C(COC(=O)c1ccc2ccccc2n1)NN1C(=O)NC2(CCCCC2)C1=O. The van der Waals surface area contributed by atoms with Crippen LogP contribution in [0.1, 0.15) is 42.6 Å². The first-order valence-corrected chi connectivity index (χ1v) is 9.48. The van der Waals surface area contributed by atoms with Gasteiger partial charge in [0.05, 0.1) is 5.52 Å². The topological polar surface area (TPSA) is 118 Å². The molecule has 0 unspecified atom stereocenters. The first-order valence-electron chi connectivity index (χ1n) is 9.48. The number of aromatic nitrogens is 1. The summed E-state index contributed by atoms with van der Waals surface area (Å²) in [6, 6.07) is 9.85. The van der Waals surface area contributed by atoms with E-state index in [9.17, 15) is 19.2 Å². The van der Waals surface area contributed by atoms with E-state index in [-0.39, 0.29) is 5.69 Å². The van der Waals surface area contributed by atoms with E-state index in [1.165, 1.54) is 6.07 Å². The number of ether oxygens (including phenoxy) is 1. The average Bonchev–Trinajstić information content (AvgIpc) is 2.96. The number of para-hydroxylation sites is 1. The number of benzene rings is 1. The van der Waals surface area contributed by atoms with Gasteiger partial charge in [-0.15, -0.1) is 0 Å². The molecule has 0 atom stereocenters. The first kappa shape index (κ1) is 18.9. The highest BCUT2D eigenvalue weighted by atomic mass is 16.5. The summed E-state index contributed by atoms with van der Waals surface area (Å²) in [5.74, 6) is -2.03. The number of imide groups is 1. The minimum absolute atomic E-state index is 0.0626. The van der Waals surface area contributed by atoms with E-state index in [1.807, 2.05) is 12.1 Å². The lowest BCUT2D eigenvalue weighted by molar-refractivity contribution is -0.140. The number of esters is 1. The molecular weight excluding hydrogens is 376 g/mol. The first-order chi connectivity index (χ1) is 14.0. The van der Waals surface area contributed by atoms with Gasteiger partial charge in [-0.1, -0.05) is 43.5 Å². The Morgan fingerprint density at radius 1 is 1.10 bits per heavy atom. The van der Waals surface area contributed by atoms with E-state index in [4.69, 9.17) is 4.74 Å². The van der Waals surface area contributed by atoms with Gasteiger partial charge in [0, 0.05) is 5.39 Å². The van der Waals surface area contributed by atoms with Crippen LogP contribution >= 0.6 is 0 Å². The molecule has 2 N–H and O–H groups in total. The number of pyridine rings is 1. The number of rotatable bonds is 4. The fourth-order valence-electron chi connectivity index (χ4n) is 3.76. The predicted octanol–water partition coefficient (Wildman–Crippen LogP) is 1.68. The third kappa shape index (κ3) is 3.63. The smallest absolute Gasteiger partial charge is 0.357 e. The molecule has 1 spiro atoms. The summed E-state index contributed by atoms with van der Waals surface area (Å²) in [7, 11) is 0. The quantitative estimate of drug-likeness (QED) is 0.600. The number of carbonyl (C=O) groups excluding carboxylic acids is 4. The maximum atomic E-state index is 12.6. The molecule has 2 aromatic rings. The van der Waals surface area contributed by atoms with Crippen LogP contribution < -0.4 is 10.7 Å². The third-order valence-corrected chi connectivity index (χ3v) is 5.25. The molecular formula is C20H20N4O5. The molecule has 150 valence electrons. The van der Waals surface area contributed by atoms with E-state index in [0.717, 1.165) is 24.6 Å². The molecule has 4 amide bonds. The van der Waals surface area contributed by atoms with Gasteiger partial charge in [0.25, 0.3) is 11.8 Å². The van der Waals surface area contributed by atoms with Crippen LogP contribution in [0.4, 0.5) is 4.79 Å². The normalized spacial score (nSPS) is 18.0. The summed E-state index contributed by atoms with van der Waals surface area (Å²) in [6.07, 6.45) is 3.78. The largest absolute Gasteiger partial charge is 0.451 e. The fourth-order valence-corrected chi connectivity index (χ4v) is 3.76. The average molecular weight is 396 g/mol. The number of hydrogen-bond acceptors (Lipinski definition) is 6. The Morgan fingerprint density at radius 3 is 2.66 bits per heavy atom. The Labute approximate surface area is 166 Å². The van der Waals surface area contributed by atoms with E-state index >= 15 is 0 Å². The number of nitrogens with one attached hydrogen (secondary N) is 2. The van der Waals surface area contributed by atoms with Gasteiger partial charge in [0.1, 0.15) is 11.2 Å².